The molecule has 19 heavy (non-hydrogen) atoms. The second-order valence-electron chi connectivity index (χ2n) is 3.78. The fourth-order valence-corrected chi connectivity index (χ4v) is 2.40. The van der Waals surface area contributed by atoms with Crippen molar-refractivity contribution < 1.29 is 4.79 Å². The molecule has 0 spiro atoms. The van der Waals surface area contributed by atoms with Crippen LogP contribution < -0.4 is 5.73 Å². The van der Waals surface area contributed by atoms with Crippen LogP contribution in [0, 0.1) is 0 Å². The molecule has 0 fully saturated rings. The van der Waals surface area contributed by atoms with Crippen LogP contribution in [0.2, 0.25) is 5.15 Å². The first-order valence-corrected chi connectivity index (χ1v) is 6.79. The second kappa shape index (κ2) is 5.99. The number of halogens is 1. The third-order valence-corrected chi connectivity index (χ3v) is 3.34. The van der Waals surface area contributed by atoms with E-state index in [0.29, 0.717) is 27.4 Å². The van der Waals surface area contributed by atoms with E-state index < -0.39 is 0 Å². The van der Waals surface area contributed by atoms with Crippen LogP contribution in [0.5, 0.6) is 0 Å². The van der Waals surface area contributed by atoms with Crippen molar-refractivity contribution in [3.05, 3.63) is 40.8 Å². The first-order valence-electron chi connectivity index (χ1n) is 5.43. The van der Waals surface area contributed by atoms with Crippen molar-refractivity contribution in [3.8, 4) is 0 Å². The average Bonchev–Trinajstić information content (AvgIpc) is 2.35. The van der Waals surface area contributed by atoms with Gasteiger partial charge in [0.25, 0.3) is 0 Å². The van der Waals surface area contributed by atoms with Gasteiger partial charge in [-0.15, -0.1) is 0 Å². The average molecular weight is 295 g/mol. The number of nitrogens with two attached hydrogens (primary N) is 1. The monoisotopic (exact) mass is 294 g/mol. The van der Waals surface area contributed by atoms with Crippen molar-refractivity contribution in [1.82, 2.24) is 15.0 Å². The molecule has 2 aromatic heterocycles. The molecule has 0 unspecified atom stereocenters. The molecule has 2 heterocycles. The van der Waals surface area contributed by atoms with Crippen molar-refractivity contribution >= 4 is 35.0 Å². The van der Waals surface area contributed by atoms with Gasteiger partial charge >= 0.3 is 0 Å². The van der Waals surface area contributed by atoms with Crippen LogP contribution in [-0.4, -0.2) is 20.7 Å². The van der Waals surface area contributed by atoms with Gasteiger partial charge in [-0.2, -0.15) is 0 Å². The zero-order valence-corrected chi connectivity index (χ0v) is 11.7. The molecule has 2 N–H and O–H groups in total. The number of hydrogen-bond acceptors (Lipinski definition) is 6. The minimum atomic E-state index is 0.0110. The normalized spacial score (nSPS) is 10.4. The molecule has 0 saturated heterocycles. The highest BCUT2D eigenvalue weighted by atomic mass is 35.5. The molecule has 98 valence electrons. The van der Waals surface area contributed by atoms with E-state index in [1.165, 1.54) is 24.8 Å². The summed E-state index contributed by atoms with van der Waals surface area (Å²) in [6, 6.07) is 4.92. The van der Waals surface area contributed by atoms with Gasteiger partial charge in [0.15, 0.2) is 10.9 Å². The molecule has 0 saturated carbocycles. The Morgan fingerprint density at radius 2 is 2.21 bits per heavy atom. The van der Waals surface area contributed by atoms with Gasteiger partial charge in [-0.25, -0.2) is 9.97 Å². The number of hydrogen-bond donors (Lipinski definition) is 1. The summed E-state index contributed by atoms with van der Waals surface area (Å²) in [5.74, 6) is 0.880. The molecule has 0 aromatic carbocycles. The highest BCUT2D eigenvalue weighted by molar-refractivity contribution is 7.98. The Morgan fingerprint density at radius 3 is 2.89 bits per heavy atom. The molecule has 0 aliphatic carbocycles. The summed E-state index contributed by atoms with van der Waals surface area (Å²) in [6.45, 7) is 1.52. The highest BCUT2D eigenvalue weighted by Crippen LogP contribution is 2.21. The van der Waals surface area contributed by atoms with E-state index in [-0.39, 0.29) is 5.78 Å². The van der Waals surface area contributed by atoms with E-state index >= 15 is 0 Å². The van der Waals surface area contributed by atoms with Crippen molar-refractivity contribution in [3.63, 3.8) is 0 Å². The van der Waals surface area contributed by atoms with Crippen LogP contribution in [0.1, 0.15) is 23.0 Å². The van der Waals surface area contributed by atoms with Crippen molar-refractivity contribution in [2.24, 2.45) is 0 Å². The van der Waals surface area contributed by atoms with Gasteiger partial charge in [-0.1, -0.05) is 23.4 Å². The van der Waals surface area contributed by atoms with Gasteiger partial charge in [0.05, 0.1) is 5.69 Å². The van der Waals surface area contributed by atoms with E-state index in [0.717, 1.165) is 5.69 Å². The molecule has 2 aromatic rings. The molecular formula is C12H11ClN4OS. The summed E-state index contributed by atoms with van der Waals surface area (Å²) < 4.78 is 0. The zero-order chi connectivity index (χ0) is 13.8. The Bertz CT molecular complexity index is 600. The summed E-state index contributed by atoms with van der Waals surface area (Å²) in [4.78, 5) is 23.6. The Kier molecular flexibility index (Phi) is 4.34. The molecule has 0 radical (unpaired) electrons. The van der Waals surface area contributed by atoms with E-state index in [1.54, 1.807) is 18.3 Å². The van der Waals surface area contributed by atoms with Gasteiger partial charge in [0.2, 0.25) is 0 Å². The fourth-order valence-electron chi connectivity index (χ4n) is 1.39. The van der Waals surface area contributed by atoms with Gasteiger partial charge in [0, 0.05) is 23.6 Å². The van der Waals surface area contributed by atoms with E-state index in [9.17, 15) is 4.79 Å². The van der Waals surface area contributed by atoms with E-state index in [1.807, 2.05) is 0 Å². The summed E-state index contributed by atoms with van der Waals surface area (Å²) in [7, 11) is 0. The fraction of sp³-hybridized carbons (Fsp3) is 0.167. The third kappa shape index (κ3) is 3.90. The van der Waals surface area contributed by atoms with Crippen LogP contribution in [0.25, 0.3) is 0 Å². The Labute approximate surface area is 119 Å². The van der Waals surface area contributed by atoms with Gasteiger partial charge in [-0.3, -0.25) is 9.78 Å². The number of thioether (sulfide) groups is 1. The van der Waals surface area contributed by atoms with Crippen LogP contribution in [0.15, 0.2) is 29.6 Å². The topological polar surface area (TPSA) is 81.8 Å². The molecule has 2 rings (SSSR count). The molecule has 0 aliphatic rings. The number of anilines is 1. The lowest BCUT2D eigenvalue weighted by Gasteiger charge is -2.03. The summed E-state index contributed by atoms with van der Waals surface area (Å²) in [5, 5.41) is 0.792. The number of aromatic nitrogens is 3. The van der Waals surface area contributed by atoms with Crippen LogP contribution in [0.3, 0.4) is 0 Å². The number of carbonyl (C=O) groups excluding carboxylic acids is 1. The van der Waals surface area contributed by atoms with Crippen molar-refractivity contribution in [1.29, 1.82) is 0 Å². The molecule has 0 bridgehead atoms. The first-order chi connectivity index (χ1) is 9.04. The number of nitrogens with zero attached hydrogens (tertiary/aromatic N) is 3. The van der Waals surface area contributed by atoms with E-state index in [2.05, 4.69) is 15.0 Å². The maximum absolute atomic E-state index is 11.3. The molecular weight excluding hydrogens is 284 g/mol. The summed E-state index contributed by atoms with van der Waals surface area (Å²) in [6.07, 6.45) is 1.61. The minimum Gasteiger partial charge on any atom is -0.384 e. The molecule has 0 aliphatic heterocycles. The van der Waals surface area contributed by atoms with E-state index in [4.69, 9.17) is 17.3 Å². The molecule has 0 amide bonds. The van der Waals surface area contributed by atoms with Gasteiger partial charge in [-0.05, 0) is 19.1 Å². The SMILES string of the molecule is CC(=O)c1ccnc(CSc2nc(N)cc(Cl)n2)c1. The Balaban J connectivity index is 2.10. The largest absolute Gasteiger partial charge is 0.384 e. The molecule has 7 heteroatoms. The number of Topliss-reactive ketones (excluding diaryl/α,β-unsaturated/α-hetero) is 1. The Hall–Kier alpha value is -1.66. The number of ketones is 1. The number of carbonyl (C=O) groups is 1. The van der Waals surface area contributed by atoms with Crippen molar-refractivity contribution in [2.75, 3.05) is 5.73 Å². The third-order valence-electron chi connectivity index (χ3n) is 2.27. The molecule has 0 atom stereocenters. The number of nitrogen functional groups attached to an aromatic ring is 1. The van der Waals surface area contributed by atoms with Gasteiger partial charge < -0.3 is 5.73 Å². The van der Waals surface area contributed by atoms with Crippen LogP contribution in [-0.2, 0) is 5.75 Å². The van der Waals surface area contributed by atoms with Crippen LogP contribution in [0.4, 0.5) is 5.82 Å². The zero-order valence-electron chi connectivity index (χ0n) is 10.1. The quantitative estimate of drug-likeness (QED) is 0.404. The predicted octanol–water partition coefficient (Wildman–Crippen LogP) is 2.60. The lowest BCUT2D eigenvalue weighted by Crippen LogP contribution is -1.97. The smallest absolute Gasteiger partial charge is 0.191 e. The number of rotatable bonds is 4. The lowest BCUT2D eigenvalue weighted by molar-refractivity contribution is 0.101. The maximum atomic E-state index is 11.3. The minimum absolute atomic E-state index is 0.0110. The standard InChI is InChI=1S/C12H11ClN4OS/c1-7(18)8-2-3-15-9(4-8)6-19-12-16-10(13)5-11(14)17-12/h2-5H,6H2,1H3,(H2,14,16,17). The lowest BCUT2D eigenvalue weighted by atomic mass is 10.2. The predicted molar refractivity (Wildman–Crippen MR) is 75.3 cm³/mol. The Morgan fingerprint density at radius 1 is 1.42 bits per heavy atom. The van der Waals surface area contributed by atoms with Crippen LogP contribution >= 0.6 is 23.4 Å². The maximum Gasteiger partial charge on any atom is 0.191 e. The van der Waals surface area contributed by atoms with Gasteiger partial charge in [0.1, 0.15) is 11.0 Å². The highest BCUT2D eigenvalue weighted by Gasteiger charge is 2.05. The second-order valence-corrected chi connectivity index (χ2v) is 5.11. The summed E-state index contributed by atoms with van der Waals surface area (Å²) in [5.41, 5.74) is 7.00. The first kappa shape index (κ1) is 13.8. The summed E-state index contributed by atoms with van der Waals surface area (Å²) >= 11 is 7.16. The van der Waals surface area contributed by atoms with Crippen molar-refractivity contribution in [2.45, 2.75) is 17.8 Å². The number of pyridine rings is 1. The molecule has 5 nitrogen and oxygen atoms in total.